The number of rotatable bonds is 8. The van der Waals surface area contributed by atoms with E-state index in [0.29, 0.717) is 24.9 Å². The summed E-state index contributed by atoms with van der Waals surface area (Å²) in [5.41, 5.74) is 1.30. The number of carbonyl (C=O) groups is 1. The summed E-state index contributed by atoms with van der Waals surface area (Å²) in [6.07, 6.45) is 2.64. The van der Waals surface area contributed by atoms with Gasteiger partial charge in [-0.2, -0.15) is 0 Å². The Morgan fingerprint density at radius 2 is 1.90 bits per heavy atom. The van der Waals surface area contributed by atoms with Crippen LogP contribution in [-0.4, -0.2) is 25.5 Å². The molecule has 0 heterocycles. The van der Waals surface area contributed by atoms with E-state index in [1.54, 1.807) is 0 Å². The van der Waals surface area contributed by atoms with Crippen molar-refractivity contribution in [2.45, 2.75) is 32.6 Å². The fraction of sp³-hybridized carbons (Fsp3) is 0.588. The molecule has 1 aromatic carbocycles. The fourth-order valence-electron chi connectivity index (χ4n) is 2.44. The van der Waals surface area contributed by atoms with Crippen LogP contribution >= 0.6 is 12.4 Å². The molecule has 0 radical (unpaired) electrons. The van der Waals surface area contributed by atoms with Crippen LogP contribution in [0.5, 0.6) is 0 Å². The van der Waals surface area contributed by atoms with E-state index in [4.69, 9.17) is 0 Å². The highest BCUT2D eigenvalue weighted by atomic mass is 35.5. The van der Waals surface area contributed by atoms with E-state index in [-0.39, 0.29) is 18.3 Å². The van der Waals surface area contributed by atoms with Crippen LogP contribution in [0.2, 0.25) is 0 Å². The Hall–Kier alpha value is -1.06. The first-order valence-corrected chi connectivity index (χ1v) is 7.69. The number of carbonyl (C=O) groups excluding carboxylic acids is 1. The molecule has 0 bridgehead atoms. The maximum Gasteiger partial charge on any atom is 0.233 e. The zero-order valence-corrected chi connectivity index (χ0v) is 13.8. The third kappa shape index (κ3) is 6.49. The highest BCUT2D eigenvalue weighted by Gasteiger charge is 2.21. The van der Waals surface area contributed by atoms with E-state index in [1.165, 1.54) is 18.4 Å². The van der Waals surface area contributed by atoms with Gasteiger partial charge in [-0.3, -0.25) is 4.79 Å². The summed E-state index contributed by atoms with van der Waals surface area (Å²) < 4.78 is 0. The zero-order chi connectivity index (χ0) is 14.4. The van der Waals surface area contributed by atoms with Crippen molar-refractivity contribution in [3.05, 3.63) is 35.9 Å². The summed E-state index contributed by atoms with van der Waals surface area (Å²) >= 11 is 0. The lowest BCUT2D eigenvalue weighted by atomic mass is 9.88. The van der Waals surface area contributed by atoms with Gasteiger partial charge in [-0.05, 0) is 36.8 Å². The highest BCUT2D eigenvalue weighted by molar-refractivity contribution is 5.85. The minimum Gasteiger partial charge on any atom is -0.354 e. The molecule has 3 nitrogen and oxygen atoms in total. The quantitative estimate of drug-likeness (QED) is 0.775. The molecule has 0 spiro atoms. The summed E-state index contributed by atoms with van der Waals surface area (Å²) in [6, 6.07) is 10.4. The first-order chi connectivity index (χ1) is 9.66. The topological polar surface area (TPSA) is 41.1 Å². The van der Waals surface area contributed by atoms with Gasteiger partial charge < -0.3 is 10.6 Å². The van der Waals surface area contributed by atoms with E-state index in [2.05, 4.69) is 48.7 Å². The molecule has 1 fully saturated rings. The van der Waals surface area contributed by atoms with Crippen molar-refractivity contribution < 1.29 is 4.79 Å². The van der Waals surface area contributed by atoms with Crippen LogP contribution in [0, 0.1) is 11.8 Å². The van der Waals surface area contributed by atoms with E-state index in [1.807, 2.05) is 6.07 Å². The van der Waals surface area contributed by atoms with Crippen molar-refractivity contribution in [3.8, 4) is 0 Å². The van der Waals surface area contributed by atoms with E-state index >= 15 is 0 Å². The molecule has 1 amide bonds. The molecule has 0 saturated heterocycles. The molecule has 1 aliphatic carbocycles. The van der Waals surface area contributed by atoms with Crippen LogP contribution in [0.15, 0.2) is 30.3 Å². The molecule has 1 atom stereocenters. The molecule has 1 aromatic rings. The Morgan fingerprint density at radius 3 is 2.48 bits per heavy atom. The van der Waals surface area contributed by atoms with Gasteiger partial charge in [-0.25, -0.2) is 0 Å². The third-order valence-electron chi connectivity index (χ3n) is 3.97. The van der Waals surface area contributed by atoms with Gasteiger partial charge in [-0.15, -0.1) is 12.4 Å². The monoisotopic (exact) mass is 310 g/mol. The number of hydrogen-bond acceptors (Lipinski definition) is 2. The maximum absolute atomic E-state index is 11.8. The van der Waals surface area contributed by atoms with Gasteiger partial charge in [0.25, 0.3) is 0 Å². The zero-order valence-electron chi connectivity index (χ0n) is 13.0. The number of amides is 1. The Bertz CT molecular complexity index is 418. The van der Waals surface area contributed by atoms with Crippen LogP contribution in [0.1, 0.15) is 38.2 Å². The van der Waals surface area contributed by atoms with Crippen molar-refractivity contribution in [1.29, 1.82) is 0 Å². The van der Waals surface area contributed by atoms with Crippen LogP contribution in [0.4, 0.5) is 0 Å². The second kappa shape index (κ2) is 9.06. The van der Waals surface area contributed by atoms with Gasteiger partial charge in [-0.1, -0.05) is 44.2 Å². The summed E-state index contributed by atoms with van der Waals surface area (Å²) in [7, 11) is 0. The number of nitrogens with one attached hydrogen (secondary N) is 2. The van der Waals surface area contributed by atoms with Crippen LogP contribution in [0.25, 0.3) is 0 Å². The van der Waals surface area contributed by atoms with Gasteiger partial charge in [0.1, 0.15) is 0 Å². The Balaban J connectivity index is 0.00000220. The van der Waals surface area contributed by atoms with E-state index < -0.39 is 0 Å². The minimum atomic E-state index is 0. The molecule has 4 heteroatoms. The van der Waals surface area contributed by atoms with E-state index in [0.717, 1.165) is 12.5 Å². The first kappa shape index (κ1) is 18.0. The maximum atomic E-state index is 11.8. The third-order valence-corrected chi connectivity index (χ3v) is 3.97. The lowest BCUT2D eigenvalue weighted by Crippen LogP contribution is -2.37. The highest BCUT2D eigenvalue weighted by Crippen LogP contribution is 2.27. The van der Waals surface area contributed by atoms with Crippen molar-refractivity contribution in [3.63, 3.8) is 0 Å². The van der Waals surface area contributed by atoms with Crippen LogP contribution < -0.4 is 10.6 Å². The molecule has 2 rings (SSSR count). The molecule has 2 N–H and O–H groups in total. The molecule has 1 saturated carbocycles. The lowest BCUT2D eigenvalue weighted by Gasteiger charge is -2.22. The smallest absolute Gasteiger partial charge is 0.233 e. The molecule has 0 aromatic heterocycles. The fourth-order valence-corrected chi connectivity index (χ4v) is 2.44. The van der Waals surface area contributed by atoms with E-state index in [9.17, 15) is 4.79 Å². The molecule has 1 unspecified atom stereocenters. The molecule has 1 aliphatic rings. The van der Waals surface area contributed by atoms with Crippen molar-refractivity contribution in [1.82, 2.24) is 10.6 Å². The summed E-state index contributed by atoms with van der Waals surface area (Å²) in [5.74, 6) is 1.81. The minimum absolute atomic E-state index is 0. The predicted molar refractivity (Wildman–Crippen MR) is 89.9 cm³/mol. The van der Waals surface area contributed by atoms with Crippen LogP contribution in [0.3, 0.4) is 0 Å². The Labute approximate surface area is 134 Å². The second-order valence-corrected chi connectivity index (χ2v) is 6.14. The number of benzene rings is 1. The Morgan fingerprint density at radius 1 is 1.24 bits per heavy atom. The molecular weight excluding hydrogens is 284 g/mol. The number of hydrogen-bond donors (Lipinski definition) is 2. The summed E-state index contributed by atoms with van der Waals surface area (Å²) in [5, 5.41) is 6.28. The van der Waals surface area contributed by atoms with Crippen molar-refractivity contribution in [2.75, 3.05) is 19.6 Å². The number of halogens is 1. The largest absolute Gasteiger partial charge is 0.354 e. The second-order valence-electron chi connectivity index (χ2n) is 6.14. The van der Waals surface area contributed by atoms with Gasteiger partial charge in [0.2, 0.25) is 5.91 Å². The van der Waals surface area contributed by atoms with Gasteiger partial charge in [0.15, 0.2) is 0 Å². The van der Waals surface area contributed by atoms with Gasteiger partial charge in [0.05, 0.1) is 6.54 Å². The lowest BCUT2D eigenvalue weighted by molar-refractivity contribution is -0.120. The van der Waals surface area contributed by atoms with Crippen molar-refractivity contribution in [2.24, 2.45) is 11.8 Å². The SMILES string of the molecule is CC(C)C(CNC(=O)CNCC1CC1)c1ccccc1.Cl. The molecule has 118 valence electrons. The standard InChI is InChI=1S/C17H26N2O.ClH/c1-13(2)16(15-6-4-3-5-7-15)11-19-17(20)12-18-10-14-8-9-14;/h3-7,13-14,16,18H,8-12H2,1-2H3,(H,19,20);1H. The average molecular weight is 311 g/mol. The predicted octanol–water partition coefficient (Wildman–Crippen LogP) is 2.96. The van der Waals surface area contributed by atoms with Gasteiger partial charge >= 0.3 is 0 Å². The van der Waals surface area contributed by atoms with Gasteiger partial charge in [0, 0.05) is 12.5 Å². The normalized spacial score (nSPS) is 15.4. The average Bonchev–Trinajstić information content (AvgIpc) is 3.24. The molecule has 0 aliphatic heterocycles. The molecule has 21 heavy (non-hydrogen) atoms. The van der Waals surface area contributed by atoms with Crippen LogP contribution in [-0.2, 0) is 4.79 Å². The Kier molecular flexibility index (Phi) is 7.76. The summed E-state index contributed by atoms with van der Waals surface area (Å²) in [6.45, 7) is 6.55. The summed E-state index contributed by atoms with van der Waals surface area (Å²) in [4.78, 5) is 11.8. The first-order valence-electron chi connectivity index (χ1n) is 7.69. The van der Waals surface area contributed by atoms with Crippen molar-refractivity contribution >= 4 is 18.3 Å². The molecular formula is C17H27ClN2O.